The molecule has 92 valence electrons. The summed E-state index contributed by atoms with van der Waals surface area (Å²) in [5, 5.41) is 0. The Morgan fingerprint density at radius 3 is 2.50 bits per heavy atom. The van der Waals surface area contributed by atoms with E-state index in [1.807, 2.05) is 42.5 Å². The van der Waals surface area contributed by atoms with E-state index in [4.69, 9.17) is 4.18 Å². The quantitative estimate of drug-likeness (QED) is 0.740. The first-order chi connectivity index (χ1) is 8.64. The molecule has 0 bridgehead atoms. The summed E-state index contributed by atoms with van der Waals surface area (Å²) in [6.07, 6.45) is 0.512. The third-order valence-corrected chi connectivity index (χ3v) is 4.14. The Morgan fingerprint density at radius 1 is 0.944 bits per heavy atom. The van der Waals surface area contributed by atoms with Gasteiger partial charge in [0.1, 0.15) is 5.75 Å². The molecule has 0 N–H and O–H groups in total. The Kier molecular flexibility index (Phi) is 2.59. The standard InChI is InChI=1S/C14H12O3S/c15-18(16)9-8-13-10-12(6-7-14(13)17-18)11-4-2-1-3-5-11/h1-7,10H,8-9H2. The van der Waals surface area contributed by atoms with Crippen LogP contribution in [0.1, 0.15) is 5.56 Å². The maximum atomic E-state index is 11.3. The average molecular weight is 260 g/mol. The van der Waals surface area contributed by atoms with Crippen molar-refractivity contribution >= 4 is 10.1 Å². The van der Waals surface area contributed by atoms with Crippen LogP contribution >= 0.6 is 0 Å². The number of aryl methyl sites for hydroxylation is 1. The first-order valence-electron chi connectivity index (χ1n) is 5.75. The third-order valence-electron chi connectivity index (χ3n) is 3.01. The smallest absolute Gasteiger partial charge is 0.309 e. The highest BCUT2D eigenvalue weighted by Gasteiger charge is 2.22. The highest BCUT2D eigenvalue weighted by atomic mass is 32.2. The van der Waals surface area contributed by atoms with Crippen molar-refractivity contribution in [3.63, 3.8) is 0 Å². The lowest BCUT2D eigenvalue weighted by atomic mass is 10.0. The topological polar surface area (TPSA) is 43.4 Å². The molecule has 1 aliphatic heterocycles. The van der Waals surface area contributed by atoms with Crippen LogP contribution in [0.2, 0.25) is 0 Å². The molecule has 0 aliphatic carbocycles. The van der Waals surface area contributed by atoms with E-state index in [0.717, 1.165) is 16.7 Å². The SMILES string of the molecule is O=S1(=O)CCc2cc(-c3ccccc3)ccc2O1. The zero-order chi connectivity index (χ0) is 12.6. The van der Waals surface area contributed by atoms with Gasteiger partial charge < -0.3 is 4.18 Å². The summed E-state index contributed by atoms with van der Waals surface area (Å²) in [6, 6.07) is 15.6. The number of rotatable bonds is 1. The molecule has 3 nitrogen and oxygen atoms in total. The minimum absolute atomic E-state index is 0.0538. The largest absolute Gasteiger partial charge is 0.382 e. The van der Waals surface area contributed by atoms with Gasteiger partial charge in [0.05, 0.1) is 5.75 Å². The fraction of sp³-hybridized carbons (Fsp3) is 0.143. The average Bonchev–Trinajstić information content (AvgIpc) is 2.38. The van der Waals surface area contributed by atoms with Gasteiger partial charge in [-0.1, -0.05) is 36.4 Å². The third kappa shape index (κ3) is 2.11. The number of benzene rings is 2. The van der Waals surface area contributed by atoms with Crippen molar-refractivity contribution in [1.29, 1.82) is 0 Å². The van der Waals surface area contributed by atoms with E-state index >= 15 is 0 Å². The maximum absolute atomic E-state index is 11.3. The number of hydrogen-bond acceptors (Lipinski definition) is 3. The van der Waals surface area contributed by atoms with Crippen LogP contribution in [0.25, 0.3) is 11.1 Å². The molecule has 1 heterocycles. The fourth-order valence-electron chi connectivity index (χ4n) is 2.08. The van der Waals surface area contributed by atoms with Crippen LogP contribution in [0.5, 0.6) is 5.75 Å². The van der Waals surface area contributed by atoms with E-state index in [2.05, 4.69) is 0 Å². The van der Waals surface area contributed by atoms with Gasteiger partial charge in [0.25, 0.3) is 0 Å². The van der Waals surface area contributed by atoms with E-state index in [1.54, 1.807) is 6.07 Å². The maximum Gasteiger partial charge on any atom is 0.309 e. The van der Waals surface area contributed by atoms with Crippen LogP contribution in [0.4, 0.5) is 0 Å². The molecule has 18 heavy (non-hydrogen) atoms. The van der Waals surface area contributed by atoms with Crippen LogP contribution < -0.4 is 4.18 Å². The molecule has 2 aromatic rings. The summed E-state index contributed by atoms with van der Waals surface area (Å²) in [4.78, 5) is 0. The van der Waals surface area contributed by atoms with Gasteiger partial charge in [-0.15, -0.1) is 0 Å². The van der Waals surface area contributed by atoms with Gasteiger partial charge in [0.2, 0.25) is 0 Å². The molecule has 0 aromatic heterocycles. The highest BCUT2D eigenvalue weighted by Crippen LogP contribution is 2.30. The summed E-state index contributed by atoms with van der Waals surface area (Å²) >= 11 is 0. The van der Waals surface area contributed by atoms with Crippen LogP contribution in [0, 0.1) is 0 Å². The van der Waals surface area contributed by atoms with Crippen LogP contribution in [0.15, 0.2) is 48.5 Å². The molecule has 0 atom stereocenters. The minimum atomic E-state index is -3.37. The predicted octanol–water partition coefficient (Wildman–Crippen LogP) is 2.62. The van der Waals surface area contributed by atoms with E-state index in [1.165, 1.54) is 0 Å². The van der Waals surface area contributed by atoms with Crippen molar-refractivity contribution in [2.45, 2.75) is 6.42 Å². The summed E-state index contributed by atoms with van der Waals surface area (Å²) in [5.74, 6) is 0.513. The number of fused-ring (bicyclic) bond motifs is 1. The van der Waals surface area contributed by atoms with E-state index in [0.29, 0.717) is 12.2 Å². The van der Waals surface area contributed by atoms with E-state index in [9.17, 15) is 8.42 Å². The molecule has 0 amide bonds. The van der Waals surface area contributed by atoms with Crippen LogP contribution in [0.3, 0.4) is 0 Å². The monoisotopic (exact) mass is 260 g/mol. The lowest BCUT2D eigenvalue weighted by molar-refractivity contribution is 0.473. The molecule has 2 aromatic carbocycles. The van der Waals surface area contributed by atoms with Crippen molar-refractivity contribution in [3.8, 4) is 16.9 Å². The summed E-state index contributed by atoms with van der Waals surface area (Å²) in [5.41, 5.74) is 3.15. The van der Waals surface area contributed by atoms with Gasteiger partial charge in [-0.25, -0.2) is 0 Å². The summed E-state index contributed by atoms with van der Waals surface area (Å²) in [6.45, 7) is 0. The molecule has 1 aliphatic rings. The first kappa shape index (κ1) is 11.3. The summed E-state index contributed by atoms with van der Waals surface area (Å²) < 4.78 is 27.7. The Morgan fingerprint density at radius 2 is 1.72 bits per heavy atom. The highest BCUT2D eigenvalue weighted by molar-refractivity contribution is 7.87. The Bertz CT molecular complexity index is 675. The molecular formula is C14H12O3S. The van der Waals surface area contributed by atoms with Crippen molar-refractivity contribution in [2.24, 2.45) is 0 Å². The van der Waals surface area contributed by atoms with E-state index in [-0.39, 0.29) is 5.75 Å². The van der Waals surface area contributed by atoms with Crippen molar-refractivity contribution < 1.29 is 12.6 Å². The molecule has 0 fully saturated rings. The Labute approximate surface area is 106 Å². The molecule has 0 spiro atoms. The lowest BCUT2D eigenvalue weighted by Crippen LogP contribution is -2.21. The van der Waals surface area contributed by atoms with Gasteiger partial charge in [0.15, 0.2) is 0 Å². The predicted molar refractivity (Wildman–Crippen MR) is 70.0 cm³/mol. The van der Waals surface area contributed by atoms with Gasteiger partial charge in [-0.3, -0.25) is 0 Å². The van der Waals surface area contributed by atoms with Crippen LogP contribution in [-0.4, -0.2) is 14.2 Å². The normalized spacial score (nSPS) is 16.7. The molecule has 0 saturated heterocycles. The zero-order valence-electron chi connectivity index (χ0n) is 9.67. The van der Waals surface area contributed by atoms with Crippen molar-refractivity contribution in [2.75, 3.05) is 5.75 Å². The molecule has 0 unspecified atom stereocenters. The molecular weight excluding hydrogens is 248 g/mol. The summed E-state index contributed by atoms with van der Waals surface area (Å²) in [7, 11) is -3.37. The first-order valence-corrected chi connectivity index (χ1v) is 7.32. The minimum Gasteiger partial charge on any atom is -0.382 e. The van der Waals surface area contributed by atoms with Gasteiger partial charge in [-0.2, -0.15) is 8.42 Å². The Balaban J connectivity index is 2.03. The van der Waals surface area contributed by atoms with Gasteiger partial charge in [0, 0.05) is 0 Å². The molecule has 0 radical (unpaired) electrons. The van der Waals surface area contributed by atoms with Crippen molar-refractivity contribution in [3.05, 3.63) is 54.1 Å². The van der Waals surface area contributed by atoms with Crippen LogP contribution in [-0.2, 0) is 16.5 Å². The fourth-order valence-corrected chi connectivity index (χ4v) is 3.07. The van der Waals surface area contributed by atoms with Gasteiger partial charge in [-0.05, 0) is 35.2 Å². The second kappa shape index (κ2) is 4.14. The van der Waals surface area contributed by atoms with E-state index < -0.39 is 10.1 Å². The van der Waals surface area contributed by atoms with Gasteiger partial charge >= 0.3 is 10.1 Å². The van der Waals surface area contributed by atoms with Crippen molar-refractivity contribution in [1.82, 2.24) is 0 Å². The second-order valence-corrected chi connectivity index (χ2v) is 5.97. The Hall–Kier alpha value is -1.81. The molecule has 0 saturated carbocycles. The lowest BCUT2D eigenvalue weighted by Gasteiger charge is -2.17. The zero-order valence-corrected chi connectivity index (χ0v) is 10.5. The molecule has 4 heteroatoms. The second-order valence-electron chi connectivity index (χ2n) is 4.28. The number of hydrogen-bond donors (Lipinski definition) is 0. The molecule has 3 rings (SSSR count).